The van der Waals surface area contributed by atoms with E-state index in [2.05, 4.69) is 99.7 Å². The smallest absolute Gasteiger partial charge is 0.423 e. The second-order valence-electron chi connectivity index (χ2n) is 35.9. The van der Waals surface area contributed by atoms with Crippen molar-refractivity contribution in [2.75, 3.05) is 181 Å². The maximum atomic E-state index is 13.8. The average molecular weight is 2070 g/mol. The van der Waals surface area contributed by atoms with E-state index in [1.54, 1.807) is 107 Å². The second kappa shape index (κ2) is 44.5. The third-order valence-electron chi connectivity index (χ3n) is 25.4. The Bertz CT molecular complexity index is 6920. The van der Waals surface area contributed by atoms with Crippen molar-refractivity contribution in [3.8, 4) is 69.5 Å². The molecule has 3 saturated heterocycles. The molecule has 7 aliphatic heterocycles. The number of alkyl halides is 9. The fourth-order valence-corrected chi connectivity index (χ4v) is 17.9. The van der Waals surface area contributed by atoms with Crippen LogP contribution in [0.1, 0.15) is 117 Å². The molecule has 4 amide bonds. The predicted molar refractivity (Wildman–Crippen MR) is 534 cm³/mol. The van der Waals surface area contributed by atoms with Gasteiger partial charge < -0.3 is 103 Å². The number of rotatable bonds is 26. The van der Waals surface area contributed by atoms with Crippen LogP contribution in [0.5, 0.6) is 69.5 Å². The number of likely N-dealkylation sites (N-methyl/N-ethyl adjacent to an activating group) is 2. The van der Waals surface area contributed by atoms with Gasteiger partial charge in [-0.25, -0.2) is 19.9 Å². The molecule has 772 valence electrons. The molecule has 45 heteroatoms. The molecular formula is C102H105Cl2F9N22O12. The molecule has 11 heterocycles. The summed E-state index contributed by atoms with van der Waals surface area (Å²) in [5.41, 5.74) is 6.60. The first-order valence-corrected chi connectivity index (χ1v) is 47.3. The zero-order valence-electron chi connectivity index (χ0n) is 82.3. The van der Waals surface area contributed by atoms with Crippen molar-refractivity contribution in [1.82, 2.24) is 79.1 Å². The van der Waals surface area contributed by atoms with Crippen LogP contribution in [0.15, 0.2) is 164 Å². The number of methoxy groups -OCH3 is 4. The molecule has 0 radical (unpaired) electrons. The Morgan fingerprint density at radius 3 is 1.18 bits per heavy atom. The van der Waals surface area contributed by atoms with E-state index in [-0.39, 0.29) is 98.3 Å². The molecule has 12 aromatic rings. The summed E-state index contributed by atoms with van der Waals surface area (Å²) in [6.45, 7) is 13.9. The van der Waals surface area contributed by atoms with E-state index in [0.717, 1.165) is 100 Å². The summed E-state index contributed by atoms with van der Waals surface area (Å²) in [5, 5.41) is 12.7. The number of halogens is 11. The Labute approximate surface area is 850 Å². The molecule has 8 aromatic carbocycles. The quantitative estimate of drug-likeness (QED) is 0.0366. The first-order valence-electron chi connectivity index (χ1n) is 46.5. The van der Waals surface area contributed by atoms with Gasteiger partial charge in [-0.05, 0) is 161 Å². The summed E-state index contributed by atoms with van der Waals surface area (Å²) in [7, 11) is 20.8. The molecule has 0 aliphatic carbocycles. The molecule has 0 saturated carbocycles. The van der Waals surface area contributed by atoms with Gasteiger partial charge in [-0.15, -0.1) is 0 Å². The molecule has 0 bridgehead atoms. The number of carbonyl (C=O) groups excluding carboxylic acids is 4. The van der Waals surface area contributed by atoms with Crippen LogP contribution in [-0.4, -0.2) is 253 Å². The Morgan fingerprint density at radius 1 is 0.388 bits per heavy atom. The van der Waals surface area contributed by atoms with Gasteiger partial charge in [0.1, 0.15) is 67.7 Å². The highest BCUT2D eigenvalue weighted by Gasteiger charge is 2.43. The molecule has 1 atom stereocenters. The number of likely N-dealkylation sites (tertiary alicyclic amines) is 1. The minimum absolute atomic E-state index is 0.00103. The molecule has 34 nitrogen and oxygen atoms in total. The minimum atomic E-state index is -4.77. The fraction of sp³-hybridized carbons (Fsp3) is 0.333. The molecule has 3 fully saturated rings. The number of nitrogens with one attached hydrogen (secondary N) is 4. The summed E-state index contributed by atoms with van der Waals surface area (Å²) in [5.74, 6) is -0.737. The van der Waals surface area contributed by atoms with Crippen molar-refractivity contribution in [3.63, 3.8) is 0 Å². The number of nitrogens with zero attached hydrogens (tertiary/aromatic N) is 18. The number of piperazine rings is 2. The topological polar surface area (TPSA) is 326 Å². The van der Waals surface area contributed by atoms with Gasteiger partial charge in [0, 0.05) is 150 Å². The maximum Gasteiger partial charge on any atom is 0.423 e. The van der Waals surface area contributed by atoms with Crippen LogP contribution in [0.4, 0.5) is 97.4 Å². The molecular weight excluding hydrogens is 1970 g/mol. The Morgan fingerprint density at radius 2 is 0.755 bits per heavy atom. The number of carbonyl (C=O) groups is 4. The normalized spacial score (nSPS) is 15.7. The van der Waals surface area contributed by atoms with Gasteiger partial charge in [-0.3, -0.25) is 24.1 Å². The summed E-state index contributed by atoms with van der Waals surface area (Å²) < 4.78 is 169. The van der Waals surface area contributed by atoms with Crippen molar-refractivity contribution in [1.29, 1.82) is 0 Å². The van der Waals surface area contributed by atoms with Crippen LogP contribution < -0.4 is 69.0 Å². The van der Waals surface area contributed by atoms with Crippen molar-refractivity contribution in [2.24, 2.45) is 0 Å². The first kappa shape index (κ1) is 105. The van der Waals surface area contributed by atoms with Gasteiger partial charge in [-0.2, -0.15) is 59.4 Å². The van der Waals surface area contributed by atoms with Crippen LogP contribution >= 0.6 is 23.2 Å². The number of benzene rings is 8. The van der Waals surface area contributed by atoms with E-state index in [0.29, 0.717) is 124 Å². The minimum Gasteiger partial charge on any atom is -0.495 e. The van der Waals surface area contributed by atoms with E-state index < -0.39 is 52.9 Å². The number of anilines is 10. The first-order chi connectivity index (χ1) is 70.2. The van der Waals surface area contributed by atoms with Crippen LogP contribution in [0.3, 0.4) is 0 Å². The van der Waals surface area contributed by atoms with E-state index >= 15 is 0 Å². The largest absolute Gasteiger partial charge is 0.495 e. The van der Waals surface area contributed by atoms with Crippen molar-refractivity contribution < 1.29 is 96.6 Å². The van der Waals surface area contributed by atoms with Crippen LogP contribution in [-0.2, 0) is 51.3 Å². The van der Waals surface area contributed by atoms with Crippen LogP contribution in [0, 0.1) is 0 Å². The van der Waals surface area contributed by atoms with Gasteiger partial charge >= 0.3 is 18.5 Å². The zero-order valence-corrected chi connectivity index (χ0v) is 83.8. The number of hydrogen-bond acceptors (Lipinski definition) is 30. The lowest BCUT2D eigenvalue weighted by Crippen LogP contribution is -2.44. The number of ether oxygens (including phenoxy) is 8. The lowest BCUT2D eigenvalue weighted by atomic mass is 10.1. The molecule has 147 heavy (non-hydrogen) atoms. The Hall–Kier alpha value is -15.1. The number of aromatic nitrogens is 8. The number of fused-ring (bicyclic) bond motifs is 4. The maximum absolute atomic E-state index is 13.8. The SMILES string of the molecule is COc1cc(CN(C)C)ccc1Nc1ncc(C(F)(F)F)c(Oc2cccc3c2C(=O)N(C)C3)n1.COc1cc(CN2CCCC2)ccc1Nc1ncc(C(F)(F)F)c(Oc2cccc3c2C(=O)N(C)C3)n1.COc1cc(N2CCN(C)CC2)c(Cl)cc1Nc1ncc(Cl)c(Oc2cccc3c2C(=O)N(C)C3C)n1.COc1cc(N2CCN(C)CC2)ccc1Nc1ncc(C(F)(F)F)c(Oc2cccc3c2C(=O)N(C)C3)n1. The number of amides is 4. The monoisotopic (exact) mass is 2070 g/mol. The predicted octanol–water partition coefficient (Wildman–Crippen LogP) is 19.5. The standard InChI is InChI=1S/C26H28Cl2N6O3.C26H27F3N6O3.C26H26F3N5O3.C24H24F3N5O3/c1-15-16-6-5-7-21(23(16)25(35)33(15)3)37-24-18(28)14-29-26(31-24)30-19-12-17(27)20(13-22(19)36-4)34-10-8-32(2)9-11-34;1-33-9-11-35(12-10-33)17-7-8-19(21(13-17)37-3)31-25-30-14-18(26(27,28)29)23(32-25)38-20-6-4-5-16-15-34(2)24(36)22(16)20;1-33-15-17-6-5-7-20(22(17)24(33)35)37-23-18(26(27,28)29)13-30-25(32-23)31-19-9-8-16(12-21(19)36-2)14-34-10-3-4-11-34;1-31(2)12-14-8-9-17(19(10-14)34-4)29-23-28-11-16(24(25,26)27)21(30-23)35-18-7-5-6-15-13-32(3)22(33)20(15)18/h5-7,12-15H,8-11H2,1-4H3,(H,29,30,31);4-8,13-14H,9-12,15H2,1-3H3,(H,30,31,32);5-9,12-13H,3-4,10-11,14-15H2,1-2H3,(H,30,31,32);5-11H,12-13H2,1-4H3,(H,28,29,30). The third kappa shape index (κ3) is 24.0. The second-order valence-corrected chi connectivity index (χ2v) is 36.7. The van der Waals surface area contributed by atoms with Crippen molar-refractivity contribution >= 4 is 105 Å². The molecule has 19 rings (SSSR count). The van der Waals surface area contributed by atoms with Gasteiger partial charge in [-0.1, -0.05) is 83.9 Å². The van der Waals surface area contributed by atoms with Crippen LogP contribution in [0.25, 0.3) is 0 Å². The third-order valence-corrected chi connectivity index (χ3v) is 25.9. The highest BCUT2D eigenvalue weighted by atomic mass is 35.5. The summed E-state index contributed by atoms with van der Waals surface area (Å²) >= 11 is 13.0. The molecule has 0 spiro atoms. The Kier molecular flexibility index (Phi) is 31.7. The van der Waals surface area contributed by atoms with Crippen LogP contribution in [0.2, 0.25) is 10.0 Å². The lowest BCUT2D eigenvalue weighted by Gasteiger charge is -2.34. The highest BCUT2D eigenvalue weighted by Crippen LogP contribution is 2.48. The van der Waals surface area contributed by atoms with Gasteiger partial charge in [0.2, 0.25) is 47.3 Å². The van der Waals surface area contributed by atoms with Crippen molar-refractivity contribution in [3.05, 3.63) is 247 Å². The Balaban J connectivity index is 0.000000140. The van der Waals surface area contributed by atoms with E-state index in [1.807, 2.05) is 80.5 Å². The fourth-order valence-electron chi connectivity index (χ4n) is 17.5. The van der Waals surface area contributed by atoms with Crippen molar-refractivity contribution in [2.45, 2.75) is 77.1 Å². The van der Waals surface area contributed by atoms with Gasteiger partial charge in [0.25, 0.3) is 23.6 Å². The summed E-state index contributed by atoms with van der Waals surface area (Å²) in [6.07, 6.45) is -8.52. The molecule has 7 aliphatic rings. The highest BCUT2D eigenvalue weighted by molar-refractivity contribution is 6.34. The van der Waals surface area contributed by atoms with Gasteiger partial charge in [0.15, 0.2) is 0 Å². The van der Waals surface area contributed by atoms with E-state index in [1.165, 1.54) is 73.3 Å². The van der Waals surface area contributed by atoms with E-state index in [9.17, 15) is 58.7 Å². The van der Waals surface area contributed by atoms with E-state index in [4.69, 9.17) is 61.1 Å². The molecule has 4 N–H and O–H groups in total. The molecule has 1 unspecified atom stereocenters. The average Bonchev–Trinajstić information content (AvgIpc) is 1.73. The summed E-state index contributed by atoms with van der Waals surface area (Å²) in [6, 6.07) is 40.1. The molecule has 4 aromatic heterocycles. The zero-order chi connectivity index (χ0) is 105. The lowest BCUT2D eigenvalue weighted by molar-refractivity contribution is -0.140. The number of hydrogen-bond donors (Lipinski definition) is 4. The van der Waals surface area contributed by atoms with Gasteiger partial charge in [0.05, 0.1) is 96.4 Å². The summed E-state index contributed by atoms with van der Waals surface area (Å²) in [4.78, 5) is 102.